The molecule has 0 heterocycles. The average molecular weight is 520 g/mol. The minimum absolute atomic E-state index is 0.0830. The van der Waals surface area contributed by atoms with Crippen LogP contribution in [0, 0.1) is 11.3 Å². The van der Waals surface area contributed by atoms with Crippen molar-refractivity contribution in [1.29, 1.82) is 5.26 Å². The molecule has 3 aromatic carbocycles. The molecule has 0 fully saturated rings. The molecule has 0 bridgehead atoms. The van der Waals surface area contributed by atoms with Crippen LogP contribution in [0.15, 0.2) is 76.8 Å². The third-order valence-electron chi connectivity index (χ3n) is 4.61. The van der Waals surface area contributed by atoms with E-state index in [2.05, 4.69) is 21.2 Å². The van der Waals surface area contributed by atoms with E-state index in [9.17, 15) is 20.0 Å². The van der Waals surface area contributed by atoms with E-state index in [0.29, 0.717) is 30.3 Å². The van der Waals surface area contributed by atoms with Crippen LogP contribution in [0.25, 0.3) is 6.08 Å². The van der Waals surface area contributed by atoms with Crippen LogP contribution in [-0.2, 0) is 11.4 Å². The molecule has 0 aromatic heterocycles. The number of carbonyl (C=O) groups excluding carboxylic acids is 2. The molecule has 1 N–H and O–H groups in total. The topological polar surface area (TPSA) is 111 Å². The summed E-state index contributed by atoms with van der Waals surface area (Å²) in [7, 11) is 0. The summed E-state index contributed by atoms with van der Waals surface area (Å²) in [5, 5.41) is 23.0. The molecular weight excluding hydrogens is 500 g/mol. The van der Waals surface area contributed by atoms with Crippen molar-refractivity contribution in [3.05, 3.63) is 93.5 Å². The largest absolute Gasteiger partial charge is 0.545 e. The first kappa shape index (κ1) is 24.6. The van der Waals surface area contributed by atoms with Crippen molar-refractivity contribution in [3.8, 4) is 17.6 Å². The Morgan fingerprint density at radius 2 is 1.82 bits per heavy atom. The second-order valence-corrected chi connectivity index (χ2v) is 7.96. The molecule has 8 heteroatoms. The minimum atomic E-state index is -1.36. The molecule has 0 spiro atoms. The first-order valence-electron chi connectivity index (χ1n) is 10.3. The van der Waals surface area contributed by atoms with Crippen LogP contribution >= 0.6 is 15.9 Å². The molecule has 1 amide bonds. The van der Waals surface area contributed by atoms with E-state index in [0.717, 1.165) is 10.0 Å². The number of carboxylic acids is 1. The Morgan fingerprint density at radius 1 is 1.06 bits per heavy atom. The molecule has 0 aliphatic heterocycles. The lowest BCUT2D eigenvalue weighted by Crippen LogP contribution is -2.22. The highest BCUT2D eigenvalue weighted by Crippen LogP contribution is 2.30. The highest BCUT2D eigenvalue weighted by atomic mass is 79.9. The number of aromatic carboxylic acids is 1. The Kier molecular flexibility index (Phi) is 8.43. The normalized spacial score (nSPS) is 10.8. The summed E-state index contributed by atoms with van der Waals surface area (Å²) in [6.07, 6.45) is 1.42. The van der Waals surface area contributed by atoms with Crippen molar-refractivity contribution in [2.75, 3.05) is 11.9 Å². The van der Waals surface area contributed by atoms with Crippen LogP contribution in [-0.4, -0.2) is 18.5 Å². The highest BCUT2D eigenvalue weighted by molar-refractivity contribution is 9.10. The van der Waals surface area contributed by atoms with E-state index in [1.165, 1.54) is 30.3 Å². The van der Waals surface area contributed by atoms with Gasteiger partial charge < -0.3 is 24.7 Å². The maximum atomic E-state index is 12.6. The molecule has 0 saturated carbocycles. The molecule has 172 valence electrons. The van der Waals surface area contributed by atoms with Crippen LogP contribution in [0.4, 0.5) is 5.69 Å². The molecule has 3 rings (SSSR count). The number of benzene rings is 3. The summed E-state index contributed by atoms with van der Waals surface area (Å²) in [6.45, 7) is 2.59. The summed E-state index contributed by atoms with van der Waals surface area (Å²) in [5.74, 6) is -1.03. The summed E-state index contributed by atoms with van der Waals surface area (Å²) in [5.41, 5.74) is 1.54. The van der Waals surface area contributed by atoms with Gasteiger partial charge in [-0.3, -0.25) is 4.79 Å². The fourth-order valence-corrected chi connectivity index (χ4v) is 3.25. The van der Waals surface area contributed by atoms with Gasteiger partial charge in [-0.05, 0) is 66.1 Å². The molecular formula is C26H20BrN2O5-. The second kappa shape index (κ2) is 11.7. The number of amides is 1. The van der Waals surface area contributed by atoms with Crippen LogP contribution in [0.2, 0.25) is 0 Å². The van der Waals surface area contributed by atoms with E-state index in [1.54, 1.807) is 18.2 Å². The van der Waals surface area contributed by atoms with E-state index < -0.39 is 11.9 Å². The molecule has 0 radical (unpaired) electrons. The number of hydrogen-bond acceptors (Lipinski definition) is 6. The van der Waals surface area contributed by atoms with Gasteiger partial charge in [0.25, 0.3) is 5.91 Å². The molecule has 3 aromatic rings. The number of anilines is 1. The number of halogens is 1. The Balaban J connectivity index is 1.78. The maximum Gasteiger partial charge on any atom is 0.266 e. The Morgan fingerprint density at radius 3 is 2.50 bits per heavy atom. The van der Waals surface area contributed by atoms with E-state index in [1.807, 2.05) is 37.3 Å². The van der Waals surface area contributed by atoms with E-state index in [-0.39, 0.29) is 16.8 Å². The van der Waals surface area contributed by atoms with Crippen LogP contribution in [0.3, 0.4) is 0 Å². The average Bonchev–Trinajstić information content (AvgIpc) is 2.83. The summed E-state index contributed by atoms with van der Waals surface area (Å²) >= 11 is 3.40. The lowest BCUT2D eigenvalue weighted by atomic mass is 10.1. The molecule has 0 saturated heterocycles. The van der Waals surface area contributed by atoms with Crippen molar-refractivity contribution in [2.24, 2.45) is 0 Å². The van der Waals surface area contributed by atoms with Gasteiger partial charge in [-0.1, -0.05) is 46.3 Å². The van der Waals surface area contributed by atoms with Gasteiger partial charge in [-0.2, -0.15) is 5.26 Å². The fraction of sp³-hybridized carbons (Fsp3) is 0.115. The molecule has 7 nitrogen and oxygen atoms in total. The van der Waals surface area contributed by atoms with Gasteiger partial charge in [-0.15, -0.1) is 0 Å². The number of rotatable bonds is 9. The quantitative estimate of drug-likeness (QED) is 0.332. The number of hydrogen-bond donors (Lipinski definition) is 1. The van der Waals surface area contributed by atoms with Crippen molar-refractivity contribution >= 4 is 39.6 Å². The summed E-state index contributed by atoms with van der Waals surface area (Å²) in [4.78, 5) is 23.6. The predicted octanol–water partition coefficient (Wildman–Crippen LogP) is 4.34. The Hall–Kier alpha value is -4.09. The first-order chi connectivity index (χ1) is 16.4. The third-order valence-corrected chi connectivity index (χ3v) is 5.14. The molecule has 0 unspecified atom stereocenters. The first-order valence-corrected chi connectivity index (χ1v) is 11.1. The van der Waals surface area contributed by atoms with Gasteiger partial charge >= 0.3 is 0 Å². The van der Waals surface area contributed by atoms with Gasteiger partial charge in [0.15, 0.2) is 11.5 Å². The third kappa shape index (κ3) is 6.70. The van der Waals surface area contributed by atoms with Crippen LogP contribution in [0.1, 0.15) is 28.4 Å². The number of nitrogens with one attached hydrogen (secondary N) is 1. The SMILES string of the molecule is CCOc1cc(/C=C(/C#N)C(=O)Nc2cccc(C(=O)[O-])c2)ccc1OCc1ccc(Br)cc1. The van der Waals surface area contributed by atoms with Crippen LogP contribution in [0.5, 0.6) is 11.5 Å². The number of nitriles is 1. The van der Waals surface area contributed by atoms with Gasteiger partial charge in [0.05, 0.1) is 12.6 Å². The van der Waals surface area contributed by atoms with Crippen LogP contribution < -0.4 is 19.9 Å². The molecule has 0 atom stereocenters. The Labute approximate surface area is 205 Å². The highest BCUT2D eigenvalue weighted by Gasteiger charge is 2.12. The lowest BCUT2D eigenvalue weighted by molar-refractivity contribution is -0.255. The van der Waals surface area contributed by atoms with Gasteiger partial charge in [0, 0.05) is 10.2 Å². The number of carbonyl (C=O) groups is 2. The van der Waals surface area contributed by atoms with Crippen molar-refractivity contribution in [3.63, 3.8) is 0 Å². The predicted molar refractivity (Wildman–Crippen MR) is 129 cm³/mol. The number of ether oxygens (including phenoxy) is 2. The zero-order chi connectivity index (χ0) is 24.5. The number of nitrogens with zero attached hydrogens (tertiary/aromatic N) is 1. The molecule has 0 aliphatic carbocycles. The Bertz CT molecular complexity index is 1260. The monoisotopic (exact) mass is 519 g/mol. The van der Waals surface area contributed by atoms with Gasteiger partial charge in [0.2, 0.25) is 0 Å². The number of carboxylic acid groups (broad SMARTS) is 1. The summed E-state index contributed by atoms with van der Waals surface area (Å²) in [6, 6.07) is 20.3. The van der Waals surface area contributed by atoms with Crippen molar-refractivity contribution in [2.45, 2.75) is 13.5 Å². The van der Waals surface area contributed by atoms with Gasteiger partial charge in [0.1, 0.15) is 18.2 Å². The molecule has 0 aliphatic rings. The smallest absolute Gasteiger partial charge is 0.266 e. The minimum Gasteiger partial charge on any atom is -0.545 e. The fourth-order valence-electron chi connectivity index (χ4n) is 2.98. The summed E-state index contributed by atoms with van der Waals surface area (Å²) < 4.78 is 12.6. The standard InChI is InChI=1S/C26H21BrN2O5/c1-2-33-24-13-18(8-11-23(24)34-16-17-6-9-21(27)10-7-17)12-20(15-28)25(30)29-22-5-3-4-19(14-22)26(31)32/h3-14H,2,16H2,1H3,(H,29,30)(H,31,32)/p-1/b20-12-. The molecule has 34 heavy (non-hydrogen) atoms. The van der Waals surface area contributed by atoms with E-state index >= 15 is 0 Å². The maximum absolute atomic E-state index is 12.6. The second-order valence-electron chi connectivity index (χ2n) is 7.05. The zero-order valence-electron chi connectivity index (χ0n) is 18.2. The zero-order valence-corrected chi connectivity index (χ0v) is 19.8. The van der Waals surface area contributed by atoms with Crippen molar-refractivity contribution < 1.29 is 24.2 Å². The van der Waals surface area contributed by atoms with E-state index in [4.69, 9.17) is 9.47 Å². The van der Waals surface area contributed by atoms with Crippen molar-refractivity contribution in [1.82, 2.24) is 0 Å². The lowest BCUT2D eigenvalue weighted by Gasteiger charge is -2.13. The van der Waals surface area contributed by atoms with Gasteiger partial charge in [-0.25, -0.2) is 0 Å².